The van der Waals surface area contributed by atoms with Crippen molar-refractivity contribution in [1.29, 1.82) is 0 Å². The quantitative estimate of drug-likeness (QED) is 0.718. The lowest BCUT2D eigenvalue weighted by atomic mass is 9.74. The molecule has 154 valence electrons. The normalized spacial score (nSPS) is 34.9. The zero-order chi connectivity index (χ0) is 19.7. The number of pyridine rings is 1. The number of carbonyl (C=O) groups is 1. The van der Waals surface area contributed by atoms with Gasteiger partial charge in [0, 0.05) is 24.8 Å². The molecule has 2 saturated carbocycles. The number of aromatic nitrogens is 1. The summed E-state index contributed by atoms with van der Waals surface area (Å²) in [5.41, 5.74) is 3.68. The fraction of sp³-hybridized carbons (Fsp3) is 0.714. The van der Waals surface area contributed by atoms with E-state index < -0.39 is 0 Å². The van der Waals surface area contributed by atoms with E-state index in [0.29, 0.717) is 29.9 Å². The Bertz CT molecular complexity index is 764. The van der Waals surface area contributed by atoms with Crippen LogP contribution < -0.4 is 21.7 Å². The van der Waals surface area contributed by atoms with Crippen molar-refractivity contribution >= 4 is 5.91 Å². The first-order chi connectivity index (χ1) is 13.6. The Balaban J connectivity index is 1.35. The zero-order valence-corrected chi connectivity index (χ0v) is 16.8. The van der Waals surface area contributed by atoms with Crippen molar-refractivity contribution in [1.82, 2.24) is 20.7 Å². The summed E-state index contributed by atoms with van der Waals surface area (Å²) in [4.78, 5) is 30.1. The number of hydroxylamine groups is 1. The van der Waals surface area contributed by atoms with Crippen LogP contribution in [-0.2, 0) is 11.4 Å². The molecule has 1 aromatic rings. The van der Waals surface area contributed by atoms with Gasteiger partial charge >= 0.3 is 0 Å². The van der Waals surface area contributed by atoms with Gasteiger partial charge in [0.1, 0.15) is 6.23 Å². The number of fused-ring (bicyclic) bond motifs is 1. The Kier molecular flexibility index (Phi) is 5.85. The van der Waals surface area contributed by atoms with E-state index in [1.807, 2.05) is 6.92 Å². The monoisotopic (exact) mass is 388 g/mol. The van der Waals surface area contributed by atoms with Gasteiger partial charge in [-0.15, -0.1) is 0 Å². The number of amides is 1. The third kappa shape index (κ3) is 3.88. The highest BCUT2D eigenvalue weighted by molar-refractivity contribution is 5.94. The maximum atomic E-state index is 12.7. The van der Waals surface area contributed by atoms with E-state index in [2.05, 4.69) is 23.0 Å². The molecule has 2 aliphatic carbocycles. The minimum atomic E-state index is -0.0678. The van der Waals surface area contributed by atoms with Crippen molar-refractivity contribution in [2.45, 2.75) is 77.4 Å². The zero-order valence-electron chi connectivity index (χ0n) is 16.8. The molecule has 0 radical (unpaired) electrons. The third-order valence-electron chi connectivity index (χ3n) is 6.89. The van der Waals surface area contributed by atoms with E-state index in [9.17, 15) is 9.59 Å². The molecule has 3 fully saturated rings. The summed E-state index contributed by atoms with van der Waals surface area (Å²) < 4.78 is 1.57. The average Bonchev–Trinajstić information content (AvgIpc) is 3.35. The lowest BCUT2D eigenvalue weighted by Gasteiger charge is -2.36. The lowest BCUT2D eigenvalue weighted by Crippen LogP contribution is -2.45. The van der Waals surface area contributed by atoms with E-state index in [-0.39, 0.29) is 29.9 Å². The molecule has 0 spiro atoms. The van der Waals surface area contributed by atoms with Gasteiger partial charge < -0.3 is 9.88 Å². The Morgan fingerprint density at radius 1 is 1.21 bits per heavy atom. The summed E-state index contributed by atoms with van der Waals surface area (Å²) in [6.45, 7) is 4.60. The van der Waals surface area contributed by atoms with Crippen molar-refractivity contribution in [2.75, 3.05) is 0 Å². The van der Waals surface area contributed by atoms with Gasteiger partial charge in [-0.05, 0) is 69.3 Å². The smallest absolute Gasteiger partial charge is 0.252 e. The molecule has 4 rings (SSSR count). The highest BCUT2D eigenvalue weighted by Gasteiger charge is 2.43. The van der Waals surface area contributed by atoms with Gasteiger partial charge in [0.2, 0.25) is 0 Å². The number of rotatable bonds is 5. The first-order valence-corrected chi connectivity index (χ1v) is 10.8. The molecule has 1 aromatic heterocycles. The minimum Gasteiger partial charge on any atom is -0.349 e. The van der Waals surface area contributed by atoms with Crippen LogP contribution >= 0.6 is 0 Å². The van der Waals surface area contributed by atoms with Crippen LogP contribution in [0, 0.1) is 17.8 Å². The minimum absolute atomic E-state index is 0.0618. The van der Waals surface area contributed by atoms with Crippen LogP contribution in [0.25, 0.3) is 0 Å². The second-order valence-electron chi connectivity index (χ2n) is 8.47. The summed E-state index contributed by atoms with van der Waals surface area (Å²) in [6, 6.07) is 3.35. The maximum Gasteiger partial charge on any atom is 0.252 e. The molecule has 3 N–H and O–H groups in total. The van der Waals surface area contributed by atoms with Gasteiger partial charge in [0.05, 0.1) is 11.7 Å². The van der Waals surface area contributed by atoms with Crippen molar-refractivity contribution in [3.63, 3.8) is 0 Å². The molecule has 7 heteroatoms. The molecule has 28 heavy (non-hydrogen) atoms. The van der Waals surface area contributed by atoms with Gasteiger partial charge in [-0.3, -0.25) is 19.7 Å². The Morgan fingerprint density at radius 2 is 2.04 bits per heavy atom. The average molecular weight is 389 g/mol. The second-order valence-corrected chi connectivity index (χ2v) is 8.47. The van der Waals surface area contributed by atoms with E-state index in [1.165, 1.54) is 18.9 Å². The lowest BCUT2D eigenvalue weighted by molar-refractivity contribution is 0.0125. The van der Waals surface area contributed by atoms with Crippen LogP contribution in [0.2, 0.25) is 0 Å². The van der Waals surface area contributed by atoms with Crippen molar-refractivity contribution in [2.24, 2.45) is 17.8 Å². The molecular formula is C21H32N4O3. The van der Waals surface area contributed by atoms with Crippen LogP contribution in [0.5, 0.6) is 0 Å². The molecule has 0 bridgehead atoms. The largest absolute Gasteiger partial charge is 0.349 e. The summed E-state index contributed by atoms with van der Waals surface area (Å²) in [6.07, 6.45) is 8.68. The molecule has 6 atom stereocenters. The van der Waals surface area contributed by atoms with Crippen molar-refractivity contribution in [3.8, 4) is 0 Å². The first-order valence-electron chi connectivity index (χ1n) is 10.8. The molecule has 1 amide bonds. The molecule has 3 aliphatic rings. The van der Waals surface area contributed by atoms with E-state index in [0.717, 1.165) is 25.7 Å². The predicted molar refractivity (Wildman–Crippen MR) is 106 cm³/mol. The SMILES string of the molecule is CCC1NC(C2CCC3C(CC[C@H]3NC(=O)c3ccc(=O)n(CC)c3)C2)NO1. The highest BCUT2D eigenvalue weighted by atomic mass is 16.7. The number of aryl methyl sites for hydroxylation is 1. The molecule has 2 heterocycles. The van der Waals surface area contributed by atoms with Crippen LogP contribution in [0.15, 0.2) is 23.1 Å². The van der Waals surface area contributed by atoms with Crippen LogP contribution in [0.3, 0.4) is 0 Å². The van der Waals surface area contributed by atoms with Gasteiger partial charge in [-0.1, -0.05) is 6.92 Å². The fourth-order valence-corrected chi connectivity index (χ4v) is 5.30. The topological polar surface area (TPSA) is 84.4 Å². The predicted octanol–water partition coefficient (Wildman–Crippen LogP) is 1.98. The number of hydrogen-bond donors (Lipinski definition) is 3. The maximum absolute atomic E-state index is 12.7. The molecule has 0 aromatic carbocycles. The Labute approximate surface area is 166 Å². The second kappa shape index (κ2) is 8.35. The number of hydrogen-bond acceptors (Lipinski definition) is 5. The summed E-state index contributed by atoms with van der Waals surface area (Å²) in [5.74, 6) is 1.74. The van der Waals surface area contributed by atoms with E-state index in [1.54, 1.807) is 16.8 Å². The number of carbonyl (C=O) groups excluding carboxylic acids is 1. The highest BCUT2D eigenvalue weighted by Crippen LogP contribution is 2.45. The van der Waals surface area contributed by atoms with Gasteiger partial charge in [-0.25, -0.2) is 0 Å². The van der Waals surface area contributed by atoms with Crippen LogP contribution in [0.1, 0.15) is 62.7 Å². The Morgan fingerprint density at radius 3 is 2.79 bits per heavy atom. The molecule has 1 aliphatic heterocycles. The molecule has 7 nitrogen and oxygen atoms in total. The summed E-state index contributed by atoms with van der Waals surface area (Å²) in [7, 11) is 0. The first kappa shape index (κ1) is 19.6. The third-order valence-corrected chi connectivity index (χ3v) is 6.89. The molecule has 5 unspecified atom stereocenters. The standard InChI is InChI=1S/C21H32N4O3/c1-3-18-23-20(24-28-18)14-5-8-16-13(11-14)6-9-17(16)22-21(27)15-7-10-19(26)25(4-2)12-15/h7,10,12-14,16-18,20,23-24H,3-6,8-9,11H2,1-2H3,(H,22,27)/t13?,14?,16?,17-,18?,20?/m1/s1. The summed E-state index contributed by atoms with van der Waals surface area (Å²) in [5, 5.41) is 6.80. The Hall–Kier alpha value is -1.70. The number of nitrogens with one attached hydrogen (secondary N) is 3. The van der Waals surface area contributed by atoms with Crippen LogP contribution in [0.4, 0.5) is 0 Å². The van der Waals surface area contributed by atoms with E-state index in [4.69, 9.17) is 4.84 Å². The van der Waals surface area contributed by atoms with E-state index >= 15 is 0 Å². The fourth-order valence-electron chi connectivity index (χ4n) is 5.30. The van der Waals surface area contributed by atoms with Crippen molar-refractivity contribution in [3.05, 3.63) is 34.2 Å². The number of nitrogens with zero attached hydrogens (tertiary/aromatic N) is 1. The molecular weight excluding hydrogens is 356 g/mol. The molecule has 1 saturated heterocycles. The van der Waals surface area contributed by atoms with Gasteiger partial charge in [0.15, 0.2) is 0 Å². The van der Waals surface area contributed by atoms with Crippen LogP contribution in [-0.4, -0.2) is 28.9 Å². The van der Waals surface area contributed by atoms with Gasteiger partial charge in [0.25, 0.3) is 11.5 Å². The van der Waals surface area contributed by atoms with Crippen molar-refractivity contribution < 1.29 is 9.63 Å². The van der Waals surface area contributed by atoms with Gasteiger partial charge in [-0.2, -0.15) is 5.48 Å². The summed E-state index contributed by atoms with van der Waals surface area (Å²) >= 11 is 0.